The van der Waals surface area contributed by atoms with Gasteiger partial charge in [-0.1, -0.05) is 48.0 Å². The molecule has 0 aliphatic rings. The number of carbonyl (C=O) groups is 2. The number of amides is 2. The van der Waals surface area contributed by atoms with E-state index in [-0.39, 0.29) is 18.4 Å². The molecule has 168 valence electrons. The Kier molecular flexibility index (Phi) is 6.83. The topological polar surface area (TPSA) is 76.0 Å². The van der Waals surface area contributed by atoms with E-state index in [2.05, 4.69) is 10.6 Å². The third-order valence-corrected chi connectivity index (χ3v) is 5.62. The Hall–Kier alpha value is -3.93. The summed E-state index contributed by atoms with van der Waals surface area (Å²) in [5, 5.41) is 5.95. The van der Waals surface area contributed by atoms with Gasteiger partial charge in [0.05, 0.1) is 11.0 Å². The summed E-state index contributed by atoms with van der Waals surface area (Å²) in [7, 11) is 0. The van der Waals surface area contributed by atoms with Crippen molar-refractivity contribution in [1.82, 2.24) is 14.9 Å². The molecule has 0 saturated carbocycles. The first-order chi connectivity index (χ1) is 16.0. The summed E-state index contributed by atoms with van der Waals surface area (Å²) >= 11 is 0. The highest BCUT2D eigenvalue weighted by atomic mass is 16.2. The fourth-order valence-electron chi connectivity index (χ4n) is 3.85. The molecule has 2 N–H and O–H groups in total. The monoisotopic (exact) mass is 440 g/mol. The van der Waals surface area contributed by atoms with Gasteiger partial charge in [0.1, 0.15) is 12.4 Å². The summed E-state index contributed by atoms with van der Waals surface area (Å²) in [6.07, 6.45) is 1.38. The Morgan fingerprint density at radius 3 is 2.42 bits per heavy atom. The van der Waals surface area contributed by atoms with Crippen molar-refractivity contribution in [1.29, 1.82) is 0 Å². The van der Waals surface area contributed by atoms with Gasteiger partial charge in [0.15, 0.2) is 0 Å². The molecule has 6 heteroatoms. The van der Waals surface area contributed by atoms with Gasteiger partial charge < -0.3 is 15.2 Å². The van der Waals surface area contributed by atoms with Crippen LogP contribution in [0.2, 0.25) is 0 Å². The average Bonchev–Trinajstić information content (AvgIpc) is 3.15. The molecule has 1 heterocycles. The van der Waals surface area contributed by atoms with Crippen LogP contribution in [0.5, 0.6) is 0 Å². The maximum Gasteiger partial charge on any atom is 0.251 e. The van der Waals surface area contributed by atoms with Crippen LogP contribution in [0.1, 0.15) is 33.7 Å². The third-order valence-electron chi connectivity index (χ3n) is 5.62. The summed E-state index contributed by atoms with van der Waals surface area (Å²) in [4.78, 5) is 29.9. The van der Waals surface area contributed by atoms with Gasteiger partial charge in [-0.15, -0.1) is 0 Å². The van der Waals surface area contributed by atoms with Gasteiger partial charge in [0, 0.05) is 24.2 Å². The zero-order valence-electron chi connectivity index (χ0n) is 19.0. The number of carbonyl (C=O) groups excluding carboxylic acids is 2. The Balaban J connectivity index is 1.41. The first-order valence-electron chi connectivity index (χ1n) is 11.2. The van der Waals surface area contributed by atoms with Crippen molar-refractivity contribution < 1.29 is 9.59 Å². The van der Waals surface area contributed by atoms with Gasteiger partial charge in [-0.05, 0) is 56.2 Å². The molecule has 2 amide bonds. The molecule has 0 aliphatic heterocycles. The summed E-state index contributed by atoms with van der Waals surface area (Å²) in [6.45, 7) is 4.66. The van der Waals surface area contributed by atoms with Crippen LogP contribution in [0.3, 0.4) is 0 Å². The minimum atomic E-state index is -0.101. The highest BCUT2D eigenvalue weighted by molar-refractivity contribution is 5.95. The average molecular weight is 441 g/mol. The predicted octanol–water partition coefficient (Wildman–Crippen LogP) is 4.65. The smallest absolute Gasteiger partial charge is 0.251 e. The van der Waals surface area contributed by atoms with E-state index in [9.17, 15) is 9.59 Å². The van der Waals surface area contributed by atoms with Crippen molar-refractivity contribution in [2.75, 3.05) is 11.9 Å². The van der Waals surface area contributed by atoms with E-state index in [4.69, 9.17) is 4.98 Å². The molecule has 0 bridgehead atoms. The normalized spacial score (nSPS) is 10.8. The number of benzene rings is 3. The molecule has 33 heavy (non-hydrogen) atoms. The van der Waals surface area contributed by atoms with Crippen LogP contribution in [0, 0.1) is 13.8 Å². The molecule has 0 radical (unpaired) electrons. The molecule has 0 unspecified atom stereocenters. The maximum absolute atomic E-state index is 12.8. The summed E-state index contributed by atoms with van der Waals surface area (Å²) < 4.78 is 1.96. The first kappa shape index (κ1) is 22.3. The lowest BCUT2D eigenvalue weighted by atomic mass is 10.1. The number of aromatic nitrogens is 2. The predicted molar refractivity (Wildman–Crippen MR) is 131 cm³/mol. The van der Waals surface area contributed by atoms with Gasteiger partial charge in [0.25, 0.3) is 5.91 Å². The number of nitrogens with one attached hydrogen (secondary N) is 2. The second-order valence-corrected chi connectivity index (χ2v) is 8.19. The first-order valence-corrected chi connectivity index (χ1v) is 11.2. The van der Waals surface area contributed by atoms with E-state index >= 15 is 0 Å². The number of fused-ring (bicyclic) bond motifs is 1. The lowest BCUT2D eigenvalue weighted by Crippen LogP contribution is -2.26. The molecule has 4 aromatic rings. The largest absolute Gasteiger partial charge is 0.352 e. The summed E-state index contributed by atoms with van der Waals surface area (Å²) in [6, 6.07) is 23.1. The quantitative estimate of drug-likeness (QED) is 0.392. The fourth-order valence-corrected chi connectivity index (χ4v) is 3.85. The Labute approximate surface area is 193 Å². The Bertz CT molecular complexity index is 1280. The number of para-hydroxylation sites is 2. The molecule has 4 rings (SSSR count). The number of hydrogen-bond donors (Lipinski definition) is 2. The molecule has 6 nitrogen and oxygen atoms in total. The zero-order chi connectivity index (χ0) is 23.2. The number of imidazole rings is 1. The van der Waals surface area contributed by atoms with Crippen LogP contribution in [-0.2, 0) is 17.8 Å². The van der Waals surface area contributed by atoms with Gasteiger partial charge in [-0.25, -0.2) is 4.98 Å². The van der Waals surface area contributed by atoms with Crippen molar-refractivity contribution in [2.24, 2.45) is 0 Å². The van der Waals surface area contributed by atoms with Gasteiger partial charge in [-0.3, -0.25) is 9.59 Å². The molecule has 1 aromatic heterocycles. The van der Waals surface area contributed by atoms with Gasteiger partial charge in [0.2, 0.25) is 5.91 Å². The van der Waals surface area contributed by atoms with Crippen molar-refractivity contribution in [3.63, 3.8) is 0 Å². The molecule has 0 saturated heterocycles. The van der Waals surface area contributed by atoms with Crippen LogP contribution >= 0.6 is 0 Å². The number of rotatable bonds is 8. The van der Waals surface area contributed by atoms with E-state index in [1.165, 1.54) is 0 Å². The van der Waals surface area contributed by atoms with E-state index < -0.39 is 0 Å². The van der Waals surface area contributed by atoms with Gasteiger partial charge >= 0.3 is 0 Å². The van der Waals surface area contributed by atoms with Gasteiger partial charge in [-0.2, -0.15) is 0 Å². The minimum Gasteiger partial charge on any atom is -0.352 e. The number of hydrogen-bond acceptors (Lipinski definition) is 3. The summed E-state index contributed by atoms with van der Waals surface area (Å²) in [5.74, 6) is 0.663. The Morgan fingerprint density at radius 2 is 1.64 bits per heavy atom. The SMILES string of the molecule is Cc1ccc(NC(=O)Cn2c(CCCNC(=O)c3ccccc3C)nc3ccccc32)cc1. The number of nitrogens with zero attached hydrogens (tertiary/aromatic N) is 2. The molecule has 0 aliphatic carbocycles. The molecule has 0 fully saturated rings. The number of anilines is 1. The lowest BCUT2D eigenvalue weighted by molar-refractivity contribution is -0.116. The highest BCUT2D eigenvalue weighted by Crippen LogP contribution is 2.18. The molecule has 3 aromatic carbocycles. The van der Waals surface area contributed by atoms with Crippen LogP contribution < -0.4 is 10.6 Å². The van der Waals surface area contributed by atoms with E-state index in [1.54, 1.807) is 0 Å². The van der Waals surface area contributed by atoms with E-state index in [0.29, 0.717) is 18.5 Å². The fraction of sp³-hybridized carbons (Fsp3) is 0.222. The van der Waals surface area contributed by atoms with Crippen LogP contribution in [0.25, 0.3) is 11.0 Å². The zero-order valence-corrected chi connectivity index (χ0v) is 19.0. The van der Waals surface area contributed by atoms with E-state index in [1.807, 2.05) is 91.2 Å². The maximum atomic E-state index is 12.8. The van der Waals surface area contributed by atoms with Crippen molar-refractivity contribution in [3.05, 3.63) is 95.3 Å². The van der Waals surface area contributed by atoms with Crippen molar-refractivity contribution in [3.8, 4) is 0 Å². The second kappa shape index (κ2) is 10.1. The molecular weight excluding hydrogens is 412 g/mol. The van der Waals surface area contributed by atoms with Crippen molar-refractivity contribution in [2.45, 2.75) is 33.2 Å². The summed E-state index contributed by atoms with van der Waals surface area (Å²) in [5.41, 5.74) is 5.35. The second-order valence-electron chi connectivity index (χ2n) is 8.19. The molecular formula is C27H28N4O2. The van der Waals surface area contributed by atoms with Crippen LogP contribution in [0.4, 0.5) is 5.69 Å². The molecule has 0 atom stereocenters. The van der Waals surface area contributed by atoms with Crippen LogP contribution in [0.15, 0.2) is 72.8 Å². The standard InChI is InChI=1S/C27H28N4O2/c1-19-13-15-21(16-14-19)29-26(32)18-31-24-11-6-5-10-23(24)30-25(31)12-7-17-28-27(33)22-9-4-3-8-20(22)2/h3-6,8-11,13-16H,7,12,17-18H2,1-2H3,(H,28,33)(H,29,32). The van der Waals surface area contributed by atoms with Crippen molar-refractivity contribution >= 4 is 28.5 Å². The minimum absolute atomic E-state index is 0.0703. The highest BCUT2D eigenvalue weighted by Gasteiger charge is 2.14. The third kappa shape index (κ3) is 5.47. The Morgan fingerprint density at radius 1 is 0.909 bits per heavy atom. The molecule has 0 spiro atoms. The van der Waals surface area contributed by atoms with E-state index in [0.717, 1.165) is 40.1 Å². The lowest BCUT2D eigenvalue weighted by Gasteiger charge is -2.11. The van der Waals surface area contributed by atoms with Crippen LogP contribution in [-0.4, -0.2) is 27.9 Å². The number of aryl methyl sites for hydroxylation is 3.